The Morgan fingerprint density at radius 1 is 1.05 bits per heavy atom. The van der Waals surface area contributed by atoms with Crippen molar-refractivity contribution in [2.75, 3.05) is 11.9 Å². The van der Waals surface area contributed by atoms with Gasteiger partial charge >= 0.3 is 0 Å². The Morgan fingerprint density at radius 3 is 2.65 bits per heavy atom. The number of rotatable bonds is 4. The molecule has 0 unspecified atom stereocenters. The number of nitrogens with one attached hydrogen (secondary N) is 1. The van der Waals surface area contributed by atoms with Crippen molar-refractivity contribution in [1.82, 2.24) is 4.57 Å². The van der Waals surface area contributed by atoms with Crippen LogP contribution in [0.1, 0.15) is 5.56 Å². The molecule has 3 rings (SSSR count). The van der Waals surface area contributed by atoms with Crippen LogP contribution in [-0.4, -0.2) is 11.1 Å². The van der Waals surface area contributed by atoms with Gasteiger partial charge in [0.1, 0.15) is 5.82 Å². The van der Waals surface area contributed by atoms with Crippen LogP contribution in [0.5, 0.6) is 0 Å². The predicted molar refractivity (Wildman–Crippen MR) is 81.6 cm³/mol. The second-order valence-corrected chi connectivity index (χ2v) is 4.97. The second kappa shape index (κ2) is 5.37. The van der Waals surface area contributed by atoms with E-state index in [0.717, 1.165) is 24.3 Å². The van der Waals surface area contributed by atoms with Crippen molar-refractivity contribution in [3.63, 3.8) is 0 Å². The van der Waals surface area contributed by atoms with Crippen LogP contribution in [0.2, 0.25) is 0 Å². The molecule has 1 heterocycles. The molecule has 0 aliphatic carbocycles. The zero-order valence-corrected chi connectivity index (χ0v) is 11.4. The number of fused-ring (bicyclic) bond motifs is 1. The first kappa shape index (κ1) is 12.7. The average Bonchev–Trinajstić information content (AvgIpc) is 2.86. The van der Waals surface area contributed by atoms with Gasteiger partial charge in [-0.25, -0.2) is 4.39 Å². The molecular formula is C17H17FN2. The summed E-state index contributed by atoms with van der Waals surface area (Å²) in [6.07, 6.45) is 1.94. The monoisotopic (exact) mass is 268 g/mol. The standard InChI is InChI=1S/C17H17FN2/c1-13-5-7-14(8-6-13)19-10-12-20-11-9-15-16(18)3-2-4-17(15)20/h2-9,11,19H,10,12H2,1H3. The molecule has 0 saturated heterocycles. The van der Waals surface area contributed by atoms with E-state index in [2.05, 4.69) is 41.1 Å². The molecule has 3 heteroatoms. The molecule has 0 radical (unpaired) electrons. The Labute approximate surface area is 117 Å². The van der Waals surface area contributed by atoms with Crippen LogP contribution in [0.3, 0.4) is 0 Å². The maximum Gasteiger partial charge on any atom is 0.132 e. The third kappa shape index (κ3) is 2.52. The topological polar surface area (TPSA) is 17.0 Å². The Kier molecular flexibility index (Phi) is 3.42. The highest BCUT2D eigenvalue weighted by molar-refractivity contribution is 5.80. The number of nitrogens with zero attached hydrogens (tertiary/aromatic N) is 1. The summed E-state index contributed by atoms with van der Waals surface area (Å²) in [5, 5.41) is 4.06. The fourth-order valence-electron chi connectivity index (χ4n) is 2.37. The molecule has 0 aliphatic heterocycles. The van der Waals surface area contributed by atoms with Crippen LogP contribution < -0.4 is 5.32 Å². The number of aromatic nitrogens is 1. The van der Waals surface area contributed by atoms with Gasteiger partial charge in [0.05, 0.1) is 5.52 Å². The molecule has 2 aromatic carbocycles. The minimum atomic E-state index is -0.159. The van der Waals surface area contributed by atoms with Crippen LogP contribution >= 0.6 is 0 Å². The minimum absolute atomic E-state index is 0.159. The van der Waals surface area contributed by atoms with E-state index in [1.54, 1.807) is 6.07 Å². The quantitative estimate of drug-likeness (QED) is 0.750. The Balaban J connectivity index is 1.68. The average molecular weight is 268 g/mol. The molecule has 1 N–H and O–H groups in total. The molecule has 2 nitrogen and oxygen atoms in total. The maximum atomic E-state index is 13.6. The molecule has 1 aromatic heterocycles. The highest BCUT2D eigenvalue weighted by atomic mass is 19.1. The smallest absolute Gasteiger partial charge is 0.132 e. The number of halogens is 1. The van der Waals surface area contributed by atoms with Crippen molar-refractivity contribution < 1.29 is 4.39 Å². The van der Waals surface area contributed by atoms with Crippen molar-refractivity contribution in [2.24, 2.45) is 0 Å². The first-order chi connectivity index (χ1) is 9.74. The molecule has 0 amide bonds. The molecule has 3 aromatic rings. The molecule has 0 fully saturated rings. The lowest BCUT2D eigenvalue weighted by Gasteiger charge is -2.09. The summed E-state index contributed by atoms with van der Waals surface area (Å²) in [6, 6.07) is 15.3. The van der Waals surface area contributed by atoms with Gasteiger partial charge in [0.2, 0.25) is 0 Å². The highest BCUT2D eigenvalue weighted by Gasteiger charge is 2.04. The zero-order chi connectivity index (χ0) is 13.9. The van der Waals surface area contributed by atoms with Crippen LogP contribution in [-0.2, 0) is 6.54 Å². The normalized spacial score (nSPS) is 10.9. The largest absolute Gasteiger partial charge is 0.383 e. The van der Waals surface area contributed by atoms with Gasteiger partial charge in [0, 0.05) is 30.4 Å². The summed E-state index contributed by atoms with van der Waals surface area (Å²) in [7, 11) is 0. The van der Waals surface area contributed by atoms with E-state index in [1.165, 1.54) is 11.6 Å². The van der Waals surface area contributed by atoms with Crippen molar-refractivity contribution in [2.45, 2.75) is 13.5 Å². The number of hydrogen-bond acceptors (Lipinski definition) is 1. The van der Waals surface area contributed by atoms with Gasteiger partial charge in [0.15, 0.2) is 0 Å². The lowest BCUT2D eigenvalue weighted by Crippen LogP contribution is -2.09. The number of benzene rings is 2. The molecule has 0 spiro atoms. The molecule has 0 atom stereocenters. The van der Waals surface area contributed by atoms with Gasteiger partial charge in [-0.3, -0.25) is 0 Å². The van der Waals surface area contributed by atoms with Gasteiger partial charge in [-0.15, -0.1) is 0 Å². The number of hydrogen-bond donors (Lipinski definition) is 1. The summed E-state index contributed by atoms with van der Waals surface area (Å²) in [4.78, 5) is 0. The van der Waals surface area contributed by atoms with E-state index in [4.69, 9.17) is 0 Å². The lowest BCUT2D eigenvalue weighted by molar-refractivity contribution is 0.639. The van der Waals surface area contributed by atoms with E-state index in [1.807, 2.05) is 18.3 Å². The third-order valence-electron chi connectivity index (χ3n) is 3.49. The Bertz CT molecular complexity index is 713. The summed E-state index contributed by atoms with van der Waals surface area (Å²) >= 11 is 0. The van der Waals surface area contributed by atoms with Gasteiger partial charge in [0.25, 0.3) is 0 Å². The predicted octanol–water partition coefficient (Wildman–Crippen LogP) is 4.20. The molecule has 20 heavy (non-hydrogen) atoms. The Morgan fingerprint density at radius 2 is 1.85 bits per heavy atom. The van der Waals surface area contributed by atoms with Gasteiger partial charge in [-0.05, 0) is 37.3 Å². The Hall–Kier alpha value is -2.29. The zero-order valence-electron chi connectivity index (χ0n) is 11.4. The molecule has 102 valence electrons. The molecule has 0 aliphatic rings. The number of aryl methyl sites for hydroxylation is 1. The third-order valence-corrected chi connectivity index (χ3v) is 3.49. The van der Waals surface area contributed by atoms with E-state index in [9.17, 15) is 4.39 Å². The van der Waals surface area contributed by atoms with E-state index >= 15 is 0 Å². The SMILES string of the molecule is Cc1ccc(NCCn2ccc3c(F)cccc32)cc1. The van der Waals surface area contributed by atoms with Crippen molar-refractivity contribution in [1.29, 1.82) is 0 Å². The van der Waals surface area contributed by atoms with Crippen molar-refractivity contribution >= 4 is 16.6 Å². The summed E-state index contributed by atoms with van der Waals surface area (Å²) in [6.45, 7) is 3.69. The summed E-state index contributed by atoms with van der Waals surface area (Å²) in [5.41, 5.74) is 3.30. The molecular weight excluding hydrogens is 251 g/mol. The van der Waals surface area contributed by atoms with Crippen LogP contribution in [0.15, 0.2) is 54.7 Å². The highest BCUT2D eigenvalue weighted by Crippen LogP contribution is 2.18. The minimum Gasteiger partial charge on any atom is -0.383 e. The summed E-state index contributed by atoms with van der Waals surface area (Å²) in [5.74, 6) is -0.159. The van der Waals surface area contributed by atoms with Crippen molar-refractivity contribution in [3.05, 3.63) is 66.1 Å². The number of anilines is 1. The second-order valence-electron chi connectivity index (χ2n) is 4.97. The van der Waals surface area contributed by atoms with E-state index < -0.39 is 0 Å². The summed E-state index contributed by atoms with van der Waals surface area (Å²) < 4.78 is 15.7. The van der Waals surface area contributed by atoms with Gasteiger partial charge in [-0.1, -0.05) is 23.8 Å². The fourth-order valence-corrected chi connectivity index (χ4v) is 2.37. The van der Waals surface area contributed by atoms with Crippen LogP contribution in [0.25, 0.3) is 10.9 Å². The lowest BCUT2D eigenvalue weighted by atomic mass is 10.2. The van der Waals surface area contributed by atoms with Crippen LogP contribution in [0, 0.1) is 12.7 Å². The maximum absolute atomic E-state index is 13.6. The molecule has 0 bridgehead atoms. The van der Waals surface area contributed by atoms with E-state index in [-0.39, 0.29) is 5.82 Å². The van der Waals surface area contributed by atoms with Gasteiger partial charge in [-0.2, -0.15) is 0 Å². The molecule has 0 saturated carbocycles. The first-order valence-corrected chi connectivity index (χ1v) is 6.78. The van der Waals surface area contributed by atoms with Gasteiger partial charge < -0.3 is 9.88 Å². The van der Waals surface area contributed by atoms with E-state index in [0.29, 0.717) is 5.39 Å². The van der Waals surface area contributed by atoms with Crippen molar-refractivity contribution in [3.8, 4) is 0 Å². The first-order valence-electron chi connectivity index (χ1n) is 6.78. The fraction of sp³-hybridized carbons (Fsp3) is 0.176. The van der Waals surface area contributed by atoms with Crippen LogP contribution in [0.4, 0.5) is 10.1 Å².